The minimum Gasteiger partial charge on any atom is -0.396 e. The van der Waals surface area contributed by atoms with E-state index in [9.17, 15) is 5.11 Å². The Hall–Kier alpha value is -0.120. The summed E-state index contributed by atoms with van der Waals surface area (Å²) in [6, 6.07) is 0. The first-order valence-corrected chi connectivity index (χ1v) is 4.81. The molecule has 0 aromatic heterocycles. The zero-order valence-corrected chi connectivity index (χ0v) is 7.92. The van der Waals surface area contributed by atoms with Crippen LogP contribution in [0.4, 0.5) is 0 Å². The Bertz CT molecular complexity index is 88.6. The molecule has 0 spiro atoms. The first kappa shape index (κ1) is 11.9. The van der Waals surface area contributed by atoms with Gasteiger partial charge in [-0.25, -0.2) is 0 Å². The number of nitrogens with one attached hydrogen (secondary N) is 1. The SMILES string of the molecule is CCCC(O)CNCCCCO. The molecule has 0 heterocycles. The van der Waals surface area contributed by atoms with Crippen molar-refractivity contribution in [3.05, 3.63) is 0 Å². The average Bonchev–Trinajstić information content (AvgIpc) is 2.05. The quantitative estimate of drug-likeness (QED) is 0.471. The summed E-state index contributed by atoms with van der Waals surface area (Å²) in [5.74, 6) is 0. The predicted octanol–water partition coefficient (Wildman–Crippen LogP) is 0.510. The Morgan fingerprint density at radius 3 is 2.67 bits per heavy atom. The smallest absolute Gasteiger partial charge is 0.0664 e. The molecule has 0 rings (SSSR count). The van der Waals surface area contributed by atoms with E-state index in [0.717, 1.165) is 32.2 Å². The molecular formula is C9H21NO2. The lowest BCUT2D eigenvalue weighted by Crippen LogP contribution is -2.27. The van der Waals surface area contributed by atoms with Crippen LogP contribution in [0.2, 0.25) is 0 Å². The van der Waals surface area contributed by atoms with Crippen molar-refractivity contribution in [3.8, 4) is 0 Å². The molecule has 1 atom stereocenters. The first-order chi connectivity index (χ1) is 5.81. The molecule has 0 aromatic rings. The molecule has 0 aliphatic rings. The van der Waals surface area contributed by atoms with Gasteiger partial charge in [-0.1, -0.05) is 13.3 Å². The molecule has 0 aromatic carbocycles. The van der Waals surface area contributed by atoms with Crippen molar-refractivity contribution in [2.75, 3.05) is 19.7 Å². The lowest BCUT2D eigenvalue weighted by Gasteiger charge is -2.09. The number of rotatable bonds is 8. The van der Waals surface area contributed by atoms with Gasteiger partial charge in [-0.3, -0.25) is 0 Å². The minimum atomic E-state index is -0.205. The van der Waals surface area contributed by atoms with E-state index >= 15 is 0 Å². The van der Waals surface area contributed by atoms with E-state index in [-0.39, 0.29) is 12.7 Å². The van der Waals surface area contributed by atoms with Crippen LogP contribution in [0.1, 0.15) is 32.6 Å². The second-order valence-electron chi connectivity index (χ2n) is 3.08. The number of aliphatic hydroxyl groups excluding tert-OH is 2. The molecule has 0 bridgehead atoms. The second-order valence-corrected chi connectivity index (χ2v) is 3.08. The molecule has 0 aliphatic heterocycles. The van der Waals surface area contributed by atoms with Crippen molar-refractivity contribution in [3.63, 3.8) is 0 Å². The molecule has 0 fully saturated rings. The van der Waals surface area contributed by atoms with Crippen molar-refractivity contribution in [2.24, 2.45) is 0 Å². The molecule has 1 unspecified atom stereocenters. The summed E-state index contributed by atoms with van der Waals surface area (Å²) in [4.78, 5) is 0. The highest BCUT2D eigenvalue weighted by atomic mass is 16.3. The van der Waals surface area contributed by atoms with E-state index in [1.165, 1.54) is 0 Å². The fourth-order valence-corrected chi connectivity index (χ4v) is 1.07. The molecule has 74 valence electrons. The zero-order valence-electron chi connectivity index (χ0n) is 7.92. The minimum absolute atomic E-state index is 0.205. The van der Waals surface area contributed by atoms with Crippen LogP contribution in [-0.4, -0.2) is 36.0 Å². The Morgan fingerprint density at radius 2 is 2.08 bits per heavy atom. The Balaban J connectivity index is 2.97. The molecule has 0 aliphatic carbocycles. The van der Waals surface area contributed by atoms with Crippen LogP contribution < -0.4 is 5.32 Å². The Kier molecular flexibility index (Phi) is 8.88. The van der Waals surface area contributed by atoms with Crippen LogP contribution in [-0.2, 0) is 0 Å². The van der Waals surface area contributed by atoms with Crippen LogP contribution in [0.15, 0.2) is 0 Å². The lowest BCUT2D eigenvalue weighted by molar-refractivity contribution is 0.160. The van der Waals surface area contributed by atoms with Crippen LogP contribution >= 0.6 is 0 Å². The van der Waals surface area contributed by atoms with Gasteiger partial charge in [-0.05, 0) is 25.8 Å². The van der Waals surface area contributed by atoms with E-state index in [1.807, 2.05) is 0 Å². The van der Waals surface area contributed by atoms with Crippen LogP contribution in [0.25, 0.3) is 0 Å². The van der Waals surface area contributed by atoms with Gasteiger partial charge in [0.05, 0.1) is 6.10 Å². The van der Waals surface area contributed by atoms with Gasteiger partial charge in [-0.2, -0.15) is 0 Å². The van der Waals surface area contributed by atoms with Gasteiger partial charge >= 0.3 is 0 Å². The summed E-state index contributed by atoms with van der Waals surface area (Å²) in [7, 11) is 0. The van der Waals surface area contributed by atoms with Crippen molar-refractivity contribution < 1.29 is 10.2 Å². The number of hydrogen-bond acceptors (Lipinski definition) is 3. The maximum Gasteiger partial charge on any atom is 0.0664 e. The summed E-state index contributed by atoms with van der Waals surface area (Å²) in [6.07, 6.45) is 3.52. The zero-order chi connectivity index (χ0) is 9.23. The van der Waals surface area contributed by atoms with E-state index in [0.29, 0.717) is 6.54 Å². The maximum atomic E-state index is 9.29. The van der Waals surface area contributed by atoms with Gasteiger partial charge in [0.1, 0.15) is 0 Å². The second kappa shape index (κ2) is 8.97. The van der Waals surface area contributed by atoms with Crippen molar-refractivity contribution in [2.45, 2.75) is 38.7 Å². The molecule has 3 heteroatoms. The largest absolute Gasteiger partial charge is 0.396 e. The molecule has 0 saturated carbocycles. The fourth-order valence-electron chi connectivity index (χ4n) is 1.07. The highest BCUT2D eigenvalue weighted by Gasteiger charge is 1.99. The Morgan fingerprint density at radius 1 is 1.33 bits per heavy atom. The maximum absolute atomic E-state index is 9.29. The molecule has 3 N–H and O–H groups in total. The van der Waals surface area contributed by atoms with Gasteiger partial charge < -0.3 is 15.5 Å². The predicted molar refractivity (Wildman–Crippen MR) is 50.1 cm³/mol. The summed E-state index contributed by atoms with van der Waals surface area (Å²) in [5.41, 5.74) is 0. The van der Waals surface area contributed by atoms with Gasteiger partial charge in [0.25, 0.3) is 0 Å². The molecule has 12 heavy (non-hydrogen) atoms. The standard InChI is InChI=1S/C9H21NO2/c1-2-5-9(12)8-10-6-3-4-7-11/h9-12H,2-8H2,1H3. The van der Waals surface area contributed by atoms with E-state index in [1.54, 1.807) is 0 Å². The number of hydrogen-bond donors (Lipinski definition) is 3. The summed E-state index contributed by atoms with van der Waals surface area (Å²) >= 11 is 0. The van der Waals surface area contributed by atoms with Gasteiger partial charge in [0.15, 0.2) is 0 Å². The summed E-state index contributed by atoms with van der Waals surface area (Å²) in [6.45, 7) is 3.90. The van der Waals surface area contributed by atoms with Crippen molar-refractivity contribution in [1.82, 2.24) is 5.32 Å². The van der Waals surface area contributed by atoms with Crippen LogP contribution in [0, 0.1) is 0 Å². The summed E-state index contributed by atoms with van der Waals surface area (Å²) in [5, 5.41) is 20.9. The average molecular weight is 175 g/mol. The van der Waals surface area contributed by atoms with Gasteiger partial charge in [-0.15, -0.1) is 0 Å². The summed E-state index contributed by atoms with van der Waals surface area (Å²) < 4.78 is 0. The monoisotopic (exact) mass is 175 g/mol. The van der Waals surface area contributed by atoms with E-state index in [2.05, 4.69) is 12.2 Å². The molecular weight excluding hydrogens is 154 g/mol. The third-order valence-corrected chi connectivity index (χ3v) is 1.76. The van der Waals surface area contributed by atoms with Crippen LogP contribution in [0.3, 0.4) is 0 Å². The van der Waals surface area contributed by atoms with Crippen molar-refractivity contribution >= 4 is 0 Å². The molecule has 0 saturated heterocycles. The topological polar surface area (TPSA) is 52.5 Å². The van der Waals surface area contributed by atoms with Gasteiger partial charge in [0, 0.05) is 13.2 Å². The normalized spacial score (nSPS) is 13.2. The van der Waals surface area contributed by atoms with Crippen LogP contribution in [0.5, 0.6) is 0 Å². The highest BCUT2D eigenvalue weighted by molar-refractivity contribution is 4.58. The molecule has 0 radical (unpaired) electrons. The third-order valence-electron chi connectivity index (χ3n) is 1.76. The lowest BCUT2D eigenvalue weighted by atomic mass is 10.2. The van der Waals surface area contributed by atoms with E-state index in [4.69, 9.17) is 5.11 Å². The highest BCUT2D eigenvalue weighted by Crippen LogP contribution is 1.93. The van der Waals surface area contributed by atoms with E-state index < -0.39 is 0 Å². The number of unbranched alkanes of at least 4 members (excludes halogenated alkanes) is 1. The third kappa shape index (κ3) is 7.98. The number of aliphatic hydroxyl groups is 2. The fraction of sp³-hybridized carbons (Fsp3) is 1.00. The molecule has 3 nitrogen and oxygen atoms in total. The first-order valence-electron chi connectivity index (χ1n) is 4.81. The molecule has 0 amide bonds. The Labute approximate surface area is 74.8 Å². The van der Waals surface area contributed by atoms with Gasteiger partial charge in [0.2, 0.25) is 0 Å². The van der Waals surface area contributed by atoms with Crippen molar-refractivity contribution in [1.29, 1.82) is 0 Å².